The van der Waals surface area contributed by atoms with Crippen molar-refractivity contribution in [2.24, 2.45) is 5.73 Å². The Morgan fingerprint density at radius 2 is 2.11 bits per heavy atom. The fourth-order valence-corrected chi connectivity index (χ4v) is 2.56. The molecule has 0 saturated heterocycles. The van der Waals surface area contributed by atoms with Gasteiger partial charge < -0.3 is 5.73 Å². The highest BCUT2D eigenvalue weighted by molar-refractivity contribution is 6.31. The Morgan fingerprint density at radius 1 is 1.37 bits per heavy atom. The van der Waals surface area contributed by atoms with Crippen LogP contribution in [-0.2, 0) is 13.0 Å². The van der Waals surface area contributed by atoms with E-state index >= 15 is 0 Å². The van der Waals surface area contributed by atoms with Gasteiger partial charge in [0, 0.05) is 17.1 Å². The molecule has 1 aromatic heterocycles. The first-order chi connectivity index (χ1) is 9.04. The first kappa shape index (κ1) is 14.3. The SMILES string of the molecule is CCn1ncc(Cl)c1C(N)Cc1c(F)cccc1Cl. The van der Waals surface area contributed by atoms with Gasteiger partial charge in [0.25, 0.3) is 0 Å². The smallest absolute Gasteiger partial charge is 0.127 e. The molecule has 6 heteroatoms. The summed E-state index contributed by atoms with van der Waals surface area (Å²) in [5.41, 5.74) is 7.21. The monoisotopic (exact) mass is 301 g/mol. The van der Waals surface area contributed by atoms with Crippen molar-refractivity contribution in [3.8, 4) is 0 Å². The van der Waals surface area contributed by atoms with E-state index in [1.165, 1.54) is 6.07 Å². The average Bonchev–Trinajstić information content (AvgIpc) is 2.75. The minimum Gasteiger partial charge on any atom is -0.322 e. The number of benzene rings is 1. The number of aromatic nitrogens is 2. The first-order valence-corrected chi connectivity index (χ1v) is 6.69. The number of halogens is 3. The van der Waals surface area contributed by atoms with Crippen molar-refractivity contribution in [1.82, 2.24) is 9.78 Å². The van der Waals surface area contributed by atoms with Gasteiger partial charge in [0.2, 0.25) is 0 Å². The van der Waals surface area contributed by atoms with Crippen LogP contribution in [0.3, 0.4) is 0 Å². The van der Waals surface area contributed by atoms with Crippen LogP contribution in [0.1, 0.15) is 24.2 Å². The molecule has 0 aliphatic rings. The van der Waals surface area contributed by atoms with Crippen molar-refractivity contribution in [2.45, 2.75) is 25.9 Å². The predicted octanol–water partition coefficient (Wildman–Crippen LogP) is 3.59. The van der Waals surface area contributed by atoms with Gasteiger partial charge in [0.15, 0.2) is 0 Å². The van der Waals surface area contributed by atoms with Crippen LogP contribution in [0.25, 0.3) is 0 Å². The molecule has 102 valence electrons. The molecule has 1 unspecified atom stereocenters. The summed E-state index contributed by atoms with van der Waals surface area (Å²) in [6.45, 7) is 2.59. The van der Waals surface area contributed by atoms with Crippen molar-refractivity contribution in [1.29, 1.82) is 0 Å². The molecule has 0 fully saturated rings. The van der Waals surface area contributed by atoms with Crippen LogP contribution in [0, 0.1) is 5.82 Å². The quantitative estimate of drug-likeness (QED) is 0.938. The van der Waals surface area contributed by atoms with Crippen molar-refractivity contribution >= 4 is 23.2 Å². The molecule has 2 rings (SSSR count). The van der Waals surface area contributed by atoms with Gasteiger partial charge in [-0.3, -0.25) is 4.68 Å². The summed E-state index contributed by atoms with van der Waals surface area (Å²) in [6.07, 6.45) is 1.82. The molecule has 0 aliphatic heterocycles. The van der Waals surface area contributed by atoms with Gasteiger partial charge >= 0.3 is 0 Å². The molecule has 2 N–H and O–H groups in total. The Balaban J connectivity index is 2.31. The number of rotatable bonds is 4. The second-order valence-corrected chi connectivity index (χ2v) is 5.02. The maximum Gasteiger partial charge on any atom is 0.127 e. The van der Waals surface area contributed by atoms with E-state index in [4.69, 9.17) is 28.9 Å². The second-order valence-electron chi connectivity index (χ2n) is 4.20. The van der Waals surface area contributed by atoms with E-state index in [1.54, 1.807) is 23.0 Å². The summed E-state index contributed by atoms with van der Waals surface area (Å²) in [5.74, 6) is -0.360. The zero-order valence-electron chi connectivity index (χ0n) is 10.4. The van der Waals surface area contributed by atoms with Gasteiger partial charge in [-0.05, 0) is 25.5 Å². The number of hydrogen-bond acceptors (Lipinski definition) is 2. The Hall–Kier alpha value is -1.10. The maximum atomic E-state index is 13.7. The Bertz CT molecular complexity index is 563. The summed E-state index contributed by atoms with van der Waals surface area (Å²) in [5, 5.41) is 4.98. The lowest BCUT2D eigenvalue weighted by Crippen LogP contribution is -2.19. The molecule has 2 aromatic rings. The first-order valence-electron chi connectivity index (χ1n) is 5.94. The topological polar surface area (TPSA) is 43.8 Å². The predicted molar refractivity (Wildman–Crippen MR) is 75.0 cm³/mol. The standard InChI is InChI=1S/C13H14Cl2FN3/c1-2-19-13(10(15)7-18-19)12(17)6-8-9(14)4-3-5-11(8)16/h3-5,7,12H,2,6,17H2,1H3. The van der Waals surface area contributed by atoms with Crippen molar-refractivity contribution in [2.75, 3.05) is 0 Å². The van der Waals surface area contributed by atoms with E-state index in [-0.39, 0.29) is 12.2 Å². The normalized spacial score (nSPS) is 12.7. The summed E-state index contributed by atoms with van der Waals surface area (Å²) in [4.78, 5) is 0. The highest BCUT2D eigenvalue weighted by Crippen LogP contribution is 2.28. The van der Waals surface area contributed by atoms with Crippen LogP contribution in [0.2, 0.25) is 10.0 Å². The van der Waals surface area contributed by atoms with Crippen LogP contribution in [0.4, 0.5) is 4.39 Å². The average molecular weight is 302 g/mol. The summed E-state index contributed by atoms with van der Waals surface area (Å²) in [6, 6.07) is 4.12. The maximum absolute atomic E-state index is 13.7. The highest BCUT2D eigenvalue weighted by atomic mass is 35.5. The molecule has 0 bridgehead atoms. The van der Waals surface area contributed by atoms with E-state index in [2.05, 4.69) is 5.10 Å². The third-order valence-corrected chi connectivity index (χ3v) is 3.62. The molecule has 0 spiro atoms. The Kier molecular flexibility index (Phi) is 4.45. The zero-order chi connectivity index (χ0) is 14.0. The minimum absolute atomic E-state index is 0.275. The number of nitrogens with zero attached hydrogens (tertiary/aromatic N) is 2. The fourth-order valence-electron chi connectivity index (χ4n) is 2.04. The third-order valence-electron chi connectivity index (χ3n) is 2.97. The van der Waals surface area contributed by atoms with Crippen LogP contribution < -0.4 is 5.73 Å². The third kappa shape index (κ3) is 2.91. The van der Waals surface area contributed by atoms with E-state index in [0.717, 1.165) is 0 Å². The van der Waals surface area contributed by atoms with Crippen LogP contribution in [-0.4, -0.2) is 9.78 Å². The van der Waals surface area contributed by atoms with Gasteiger partial charge in [-0.2, -0.15) is 5.10 Å². The molecule has 1 atom stereocenters. The van der Waals surface area contributed by atoms with Crippen LogP contribution in [0.15, 0.2) is 24.4 Å². The number of aryl methyl sites for hydroxylation is 1. The van der Waals surface area contributed by atoms with Gasteiger partial charge in [0.1, 0.15) is 5.82 Å². The lowest BCUT2D eigenvalue weighted by Gasteiger charge is -2.15. The van der Waals surface area contributed by atoms with Gasteiger partial charge in [0.05, 0.1) is 23.0 Å². The van der Waals surface area contributed by atoms with Gasteiger partial charge in [-0.1, -0.05) is 29.3 Å². The van der Waals surface area contributed by atoms with Crippen LogP contribution >= 0.6 is 23.2 Å². The Morgan fingerprint density at radius 3 is 2.74 bits per heavy atom. The van der Waals surface area contributed by atoms with E-state index in [9.17, 15) is 4.39 Å². The minimum atomic E-state index is -0.454. The van der Waals surface area contributed by atoms with Crippen molar-refractivity contribution in [3.05, 3.63) is 51.5 Å². The molecule has 0 saturated carbocycles. The summed E-state index contributed by atoms with van der Waals surface area (Å²) < 4.78 is 15.5. The van der Waals surface area contributed by atoms with Gasteiger partial charge in [-0.15, -0.1) is 0 Å². The molecule has 3 nitrogen and oxygen atoms in total. The van der Waals surface area contributed by atoms with Gasteiger partial charge in [-0.25, -0.2) is 4.39 Å². The number of nitrogens with two attached hydrogens (primary N) is 1. The lowest BCUT2D eigenvalue weighted by atomic mass is 10.0. The lowest BCUT2D eigenvalue weighted by molar-refractivity contribution is 0.551. The second kappa shape index (κ2) is 5.90. The molecule has 0 amide bonds. The zero-order valence-corrected chi connectivity index (χ0v) is 11.9. The van der Waals surface area contributed by atoms with Crippen molar-refractivity contribution < 1.29 is 4.39 Å². The molecule has 0 aliphatic carbocycles. The van der Waals surface area contributed by atoms with E-state index < -0.39 is 6.04 Å². The molecule has 1 heterocycles. The van der Waals surface area contributed by atoms with E-state index in [1.807, 2.05) is 6.92 Å². The van der Waals surface area contributed by atoms with Crippen LogP contribution in [0.5, 0.6) is 0 Å². The molecule has 1 aromatic carbocycles. The summed E-state index contributed by atoms with van der Waals surface area (Å²) >= 11 is 12.1. The molecular formula is C13H14Cl2FN3. The molecular weight excluding hydrogens is 288 g/mol. The largest absolute Gasteiger partial charge is 0.322 e. The fraction of sp³-hybridized carbons (Fsp3) is 0.308. The van der Waals surface area contributed by atoms with E-state index in [0.29, 0.717) is 27.8 Å². The summed E-state index contributed by atoms with van der Waals surface area (Å²) in [7, 11) is 0. The number of hydrogen-bond donors (Lipinski definition) is 1. The highest BCUT2D eigenvalue weighted by Gasteiger charge is 2.19. The molecule has 19 heavy (non-hydrogen) atoms. The van der Waals surface area contributed by atoms with Crippen molar-refractivity contribution in [3.63, 3.8) is 0 Å². The Labute approximate surface area is 121 Å². The molecule has 0 radical (unpaired) electrons.